The summed E-state index contributed by atoms with van der Waals surface area (Å²) in [5.74, 6) is 0.905. The summed E-state index contributed by atoms with van der Waals surface area (Å²) < 4.78 is 11.2. The van der Waals surface area contributed by atoms with E-state index in [4.69, 9.17) is 26.8 Å². The minimum Gasteiger partial charge on any atom is -0.494 e. The molecule has 1 aliphatic rings. The second-order valence-corrected chi connectivity index (χ2v) is 5.09. The van der Waals surface area contributed by atoms with Gasteiger partial charge in [-0.3, -0.25) is 4.90 Å². The first kappa shape index (κ1) is 17.5. The van der Waals surface area contributed by atoms with Crippen molar-refractivity contribution in [1.82, 2.24) is 4.90 Å². The smallest absolute Gasteiger partial charge is 0.123 e. The van der Waals surface area contributed by atoms with E-state index in [9.17, 15) is 0 Å². The summed E-state index contributed by atoms with van der Waals surface area (Å²) in [4.78, 5) is 2.33. The van der Waals surface area contributed by atoms with Gasteiger partial charge in [-0.1, -0.05) is 11.6 Å². The van der Waals surface area contributed by atoms with Gasteiger partial charge in [-0.2, -0.15) is 0 Å². The van der Waals surface area contributed by atoms with E-state index in [2.05, 4.69) is 4.90 Å². The van der Waals surface area contributed by atoms with E-state index < -0.39 is 0 Å². The molecule has 1 saturated heterocycles. The van der Waals surface area contributed by atoms with Crippen LogP contribution in [-0.2, 0) is 11.3 Å². The lowest BCUT2D eigenvalue weighted by Crippen LogP contribution is -2.45. The molecular weight excluding hydrogens is 299 g/mol. The minimum atomic E-state index is 0. The van der Waals surface area contributed by atoms with Crippen LogP contribution in [0.3, 0.4) is 0 Å². The summed E-state index contributed by atoms with van der Waals surface area (Å²) in [5.41, 5.74) is 6.78. The molecule has 114 valence electrons. The fourth-order valence-corrected chi connectivity index (χ4v) is 2.47. The van der Waals surface area contributed by atoms with Crippen molar-refractivity contribution in [3.8, 4) is 5.75 Å². The third-order valence-corrected chi connectivity index (χ3v) is 3.44. The monoisotopic (exact) mass is 320 g/mol. The first-order valence-electron chi connectivity index (χ1n) is 6.68. The zero-order valence-corrected chi connectivity index (χ0v) is 13.3. The van der Waals surface area contributed by atoms with Gasteiger partial charge < -0.3 is 15.2 Å². The number of hydrogen-bond acceptors (Lipinski definition) is 4. The van der Waals surface area contributed by atoms with E-state index >= 15 is 0 Å². The number of hydrogen-bond donors (Lipinski definition) is 1. The van der Waals surface area contributed by atoms with Gasteiger partial charge in [0.15, 0.2) is 0 Å². The summed E-state index contributed by atoms with van der Waals surface area (Å²) in [7, 11) is 0. The van der Waals surface area contributed by atoms with Crippen LogP contribution in [0.2, 0.25) is 5.02 Å². The number of halogens is 2. The number of morpholine rings is 1. The predicted molar refractivity (Wildman–Crippen MR) is 83.9 cm³/mol. The molecule has 1 fully saturated rings. The van der Waals surface area contributed by atoms with E-state index in [1.165, 1.54) is 0 Å². The van der Waals surface area contributed by atoms with Gasteiger partial charge in [0.1, 0.15) is 5.75 Å². The Labute approximate surface area is 131 Å². The number of benzene rings is 1. The fourth-order valence-electron chi connectivity index (χ4n) is 2.28. The van der Waals surface area contributed by atoms with E-state index in [1.807, 2.05) is 25.1 Å². The maximum absolute atomic E-state index is 6.07. The van der Waals surface area contributed by atoms with Crippen LogP contribution in [0.4, 0.5) is 0 Å². The molecule has 1 aromatic rings. The highest BCUT2D eigenvalue weighted by atomic mass is 35.5. The number of rotatable bonds is 5. The fraction of sp³-hybridized carbons (Fsp3) is 0.571. The largest absolute Gasteiger partial charge is 0.494 e. The molecule has 0 aromatic heterocycles. The molecule has 0 saturated carbocycles. The molecule has 0 unspecified atom stereocenters. The van der Waals surface area contributed by atoms with Gasteiger partial charge in [0.05, 0.1) is 19.3 Å². The van der Waals surface area contributed by atoms with Crippen molar-refractivity contribution >= 4 is 24.0 Å². The van der Waals surface area contributed by atoms with Crippen molar-refractivity contribution in [2.45, 2.75) is 19.6 Å². The Morgan fingerprint density at radius 1 is 1.50 bits per heavy atom. The van der Waals surface area contributed by atoms with Gasteiger partial charge >= 0.3 is 0 Å². The van der Waals surface area contributed by atoms with Crippen LogP contribution in [0.1, 0.15) is 12.5 Å². The highest BCUT2D eigenvalue weighted by Crippen LogP contribution is 2.25. The average Bonchev–Trinajstić information content (AvgIpc) is 2.42. The molecule has 1 heterocycles. The SMILES string of the molecule is CCOc1ccc(Cl)cc1CN1CCO[C@H](CN)C1.Cl. The van der Waals surface area contributed by atoms with E-state index in [1.54, 1.807) is 0 Å². The van der Waals surface area contributed by atoms with Gasteiger partial charge in [0.25, 0.3) is 0 Å². The highest BCUT2D eigenvalue weighted by Gasteiger charge is 2.20. The Morgan fingerprint density at radius 3 is 3.00 bits per heavy atom. The van der Waals surface area contributed by atoms with Crippen molar-refractivity contribution in [2.75, 3.05) is 32.8 Å². The van der Waals surface area contributed by atoms with Crippen molar-refractivity contribution in [3.63, 3.8) is 0 Å². The Bertz CT molecular complexity index is 418. The van der Waals surface area contributed by atoms with Crippen molar-refractivity contribution < 1.29 is 9.47 Å². The van der Waals surface area contributed by atoms with E-state index in [-0.39, 0.29) is 18.5 Å². The zero-order chi connectivity index (χ0) is 13.7. The minimum absolute atomic E-state index is 0. The number of ether oxygens (including phenoxy) is 2. The van der Waals surface area contributed by atoms with E-state index in [0.29, 0.717) is 13.2 Å². The third kappa shape index (κ3) is 4.79. The molecule has 4 nitrogen and oxygen atoms in total. The maximum atomic E-state index is 6.07. The van der Waals surface area contributed by atoms with Crippen LogP contribution in [0.5, 0.6) is 5.75 Å². The lowest BCUT2D eigenvalue weighted by Gasteiger charge is -2.32. The van der Waals surface area contributed by atoms with Crippen LogP contribution in [0.15, 0.2) is 18.2 Å². The topological polar surface area (TPSA) is 47.7 Å². The summed E-state index contributed by atoms with van der Waals surface area (Å²) in [6.07, 6.45) is 0.128. The lowest BCUT2D eigenvalue weighted by atomic mass is 10.1. The number of nitrogens with zero attached hydrogens (tertiary/aromatic N) is 1. The lowest BCUT2D eigenvalue weighted by molar-refractivity contribution is -0.0262. The molecule has 0 aliphatic carbocycles. The highest BCUT2D eigenvalue weighted by molar-refractivity contribution is 6.30. The molecule has 2 N–H and O–H groups in total. The molecule has 1 aromatic carbocycles. The van der Waals surface area contributed by atoms with Gasteiger partial charge in [-0.15, -0.1) is 12.4 Å². The molecule has 0 spiro atoms. The Hall–Kier alpha value is -0.520. The molecule has 0 bridgehead atoms. The van der Waals surface area contributed by atoms with Gasteiger partial charge in [0, 0.05) is 36.8 Å². The van der Waals surface area contributed by atoms with Gasteiger partial charge in [-0.05, 0) is 25.1 Å². The van der Waals surface area contributed by atoms with Crippen LogP contribution in [-0.4, -0.2) is 43.9 Å². The second-order valence-electron chi connectivity index (χ2n) is 4.65. The maximum Gasteiger partial charge on any atom is 0.123 e. The average molecular weight is 321 g/mol. The summed E-state index contributed by atoms with van der Waals surface area (Å²) in [6, 6.07) is 5.76. The molecule has 2 rings (SSSR count). The van der Waals surface area contributed by atoms with Gasteiger partial charge in [0.2, 0.25) is 0 Å². The van der Waals surface area contributed by atoms with Crippen molar-refractivity contribution in [1.29, 1.82) is 0 Å². The Balaban J connectivity index is 0.00000200. The van der Waals surface area contributed by atoms with Gasteiger partial charge in [-0.25, -0.2) is 0 Å². The first-order valence-corrected chi connectivity index (χ1v) is 7.06. The second kappa shape index (κ2) is 8.70. The Morgan fingerprint density at radius 2 is 2.30 bits per heavy atom. The van der Waals surface area contributed by atoms with Crippen molar-refractivity contribution in [2.24, 2.45) is 5.73 Å². The molecule has 0 amide bonds. The molecule has 6 heteroatoms. The summed E-state index contributed by atoms with van der Waals surface area (Å²) in [6.45, 7) is 6.51. The third-order valence-electron chi connectivity index (χ3n) is 3.20. The first-order chi connectivity index (χ1) is 9.22. The van der Waals surface area contributed by atoms with Crippen LogP contribution in [0.25, 0.3) is 0 Å². The normalized spacial score (nSPS) is 19.4. The predicted octanol–water partition coefficient (Wildman–Crippen LogP) is 2.32. The van der Waals surface area contributed by atoms with Crippen LogP contribution < -0.4 is 10.5 Å². The summed E-state index contributed by atoms with van der Waals surface area (Å²) >= 11 is 6.07. The Kier molecular flexibility index (Phi) is 7.62. The van der Waals surface area contributed by atoms with E-state index in [0.717, 1.165) is 42.6 Å². The van der Waals surface area contributed by atoms with Crippen LogP contribution in [0, 0.1) is 0 Å². The number of nitrogens with two attached hydrogens (primary N) is 1. The molecule has 1 atom stereocenters. The quantitative estimate of drug-likeness (QED) is 0.904. The molecule has 0 radical (unpaired) electrons. The molecular formula is C14H22Cl2N2O2. The molecule has 20 heavy (non-hydrogen) atoms. The summed E-state index contributed by atoms with van der Waals surface area (Å²) in [5, 5.41) is 0.738. The zero-order valence-electron chi connectivity index (χ0n) is 11.7. The standard InChI is InChI=1S/C14H21ClN2O2.ClH/c1-2-18-14-4-3-12(15)7-11(14)9-17-5-6-19-13(8-16)10-17;/h3-4,7,13H,2,5-6,8-10,16H2,1H3;1H/t13-;/m1./s1. The van der Waals surface area contributed by atoms with Crippen LogP contribution >= 0.6 is 24.0 Å². The molecule has 1 aliphatic heterocycles. The van der Waals surface area contributed by atoms with Crippen molar-refractivity contribution in [3.05, 3.63) is 28.8 Å².